The summed E-state index contributed by atoms with van der Waals surface area (Å²) in [7, 11) is -4.29. The Morgan fingerprint density at radius 1 is 1.44 bits per heavy atom. The average molecular weight is 290 g/mol. The van der Waals surface area contributed by atoms with Crippen LogP contribution in [0.25, 0.3) is 0 Å². The first-order chi connectivity index (χ1) is 8.12. The maximum atomic E-state index is 11.9. The van der Waals surface area contributed by atoms with Crippen molar-refractivity contribution in [3.8, 4) is 0 Å². The quantitative estimate of drug-likeness (QED) is 0.763. The Labute approximate surface area is 102 Å². The normalized spacial score (nSPS) is 22.3. The lowest BCUT2D eigenvalue weighted by Crippen LogP contribution is -2.46. The van der Waals surface area contributed by atoms with Crippen LogP contribution in [0.5, 0.6) is 0 Å². The Kier molecular flexibility index (Phi) is 4.56. The maximum absolute atomic E-state index is 11.9. The molecule has 1 unspecified atom stereocenters. The smallest absolute Gasteiger partial charge is 0.402 e. The fourth-order valence-electron chi connectivity index (χ4n) is 1.79. The van der Waals surface area contributed by atoms with Crippen LogP contribution >= 0.6 is 0 Å². The van der Waals surface area contributed by atoms with Crippen LogP contribution in [-0.2, 0) is 15.0 Å². The van der Waals surface area contributed by atoms with E-state index in [2.05, 4.69) is 0 Å². The van der Waals surface area contributed by atoms with Crippen molar-refractivity contribution in [3.05, 3.63) is 0 Å². The summed E-state index contributed by atoms with van der Waals surface area (Å²) >= 11 is 0. The van der Waals surface area contributed by atoms with Crippen molar-refractivity contribution in [2.75, 3.05) is 13.1 Å². The zero-order chi connectivity index (χ0) is 14.0. The fraction of sp³-hybridized carbons (Fsp3) is 0.875. The highest BCUT2D eigenvalue weighted by atomic mass is 32.2. The molecule has 1 heterocycles. The first kappa shape index (κ1) is 15.2. The van der Waals surface area contributed by atoms with Gasteiger partial charge in [-0.15, -0.1) is 0 Å². The van der Waals surface area contributed by atoms with Gasteiger partial charge in [-0.05, 0) is 12.8 Å². The predicted octanol–water partition coefficient (Wildman–Crippen LogP) is 0.322. The molecule has 0 aromatic heterocycles. The Morgan fingerprint density at radius 3 is 2.56 bits per heavy atom. The molecule has 0 aromatic rings. The minimum absolute atomic E-state index is 0.0329. The van der Waals surface area contributed by atoms with E-state index in [4.69, 9.17) is 5.11 Å². The number of carboxylic acid groups (broad SMARTS) is 1. The van der Waals surface area contributed by atoms with Crippen LogP contribution in [0.15, 0.2) is 0 Å². The van der Waals surface area contributed by atoms with E-state index in [9.17, 15) is 26.4 Å². The second-order valence-electron chi connectivity index (χ2n) is 3.95. The van der Waals surface area contributed by atoms with Gasteiger partial charge in [0.25, 0.3) is 10.2 Å². The van der Waals surface area contributed by atoms with Gasteiger partial charge in [-0.3, -0.25) is 4.79 Å². The summed E-state index contributed by atoms with van der Waals surface area (Å²) in [4.78, 5) is 10.5. The topological polar surface area (TPSA) is 86.7 Å². The van der Waals surface area contributed by atoms with E-state index in [1.165, 1.54) is 4.72 Å². The number of halogens is 3. The third-order valence-electron chi connectivity index (χ3n) is 2.50. The van der Waals surface area contributed by atoms with Gasteiger partial charge in [-0.2, -0.15) is 30.6 Å². The molecular weight excluding hydrogens is 277 g/mol. The molecule has 0 saturated carbocycles. The number of nitrogens with zero attached hydrogens (tertiary/aromatic N) is 1. The van der Waals surface area contributed by atoms with E-state index in [1.54, 1.807) is 0 Å². The molecule has 1 aliphatic heterocycles. The molecule has 1 atom stereocenters. The number of carboxylic acids is 1. The van der Waals surface area contributed by atoms with Crippen LogP contribution in [0.3, 0.4) is 0 Å². The highest BCUT2D eigenvalue weighted by Crippen LogP contribution is 2.23. The van der Waals surface area contributed by atoms with Gasteiger partial charge in [0.05, 0.1) is 6.42 Å². The molecule has 1 saturated heterocycles. The number of hydrogen-bond acceptors (Lipinski definition) is 3. The summed E-state index contributed by atoms with van der Waals surface area (Å²) in [5, 5.41) is 8.59. The molecule has 106 valence electrons. The summed E-state index contributed by atoms with van der Waals surface area (Å²) in [6, 6.07) is -0.784. The van der Waals surface area contributed by atoms with Crippen LogP contribution in [0, 0.1) is 0 Å². The summed E-state index contributed by atoms with van der Waals surface area (Å²) in [6.45, 7) is -1.63. The number of rotatable bonds is 5. The molecule has 1 fully saturated rings. The number of carbonyl (C=O) groups is 1. The standard InChI is InChI=1S/C8H13F3N2O4S/c9-8(10,11)5-12-18(16,17)13-3-1-2-6(13)4-7(14)15/h6,12H,1-5H2,(H,14,15). The van der Waals surface area contributed by atoms with E-state index in [0.717, 1.165) is 4.31 Å². The van der Waals surface area contributed by atoms with E-state index in [-0.39, 0.29) is 6.54 Å². The SMILES string of the molecule is O=C(O)CC1CCCN1S(=O)(=O)NCC(F)(F)F. The van der Waals surface area contributed by atoms with Crippen LogP contribution in [-0.4, -0.2) is 49.1 Å². The van der Waals surface area contributed by atoms with Crippen molar-refractivity contribution in [3.63, 3.8) is 0 Å². The minimum Gasteiger partial charge on any atom is -0.481 e. The maximum Gasteiger partial charge on any atom is 0.402 e. The summed E-state index contributed by atoms with van der Waals surface area (Å²) in [6.07, 6.45) is -4.29. The summed E-state index contributed by atoms with van der Waals surface area (Å²) in [5.74, 6) is -1.18. The Hall–Kier alpha value is -0.870. The van der Waals surface area contributed by atoms with Crippen molar-refractivity contribution in [2.45, 2.75) is 31.5 Å². The first-order valence-electron chi connectivity index (χ1n) is 5.17. The van der Waals surface area contributed by atoms with Gasteiger partial charge in [0, 0.05) is 12.6 Å². The van der Waals surface area contributed by atoms with Crippen LogP contribution in [0.1, 0.15) is 19.3 Å². The second kappa shape index (κ2) is 5.41. The van der Waals surface area contributed by atoms with Crippen LogP contribution in [0.4, 0.5) is 13.2 Å². The van der Waals surface area contributed by atoms with Gasteiger partial charge in [-0.1, -0.05) is 0 Å². The molecule has 0 aliphatic carbocycles. The van der Waals surface area contributed by atoms with Gasteiger partial charge in [-0.25, -0.2) is 0 Å². The van der Waals surface area contributed by atoms with Gasteiger partial charge in [0.1, 0.15) is 6.54 Å². The van der Waals surface area contributed by atoms with Gasteiger partial charge >= 0.3 is 12.1 Å². The lowest BCUT2D eigenvalue weighted by molar-refractivity contribution is -0.137. The number of hydrogen-bond donors (Lipinski definition) is 2. The molecule has 6 nitrogen and oxygen atoms in total. The molecule has 0 aromatic carbocycles. The van der Waals surface area contributed by atoms with E-state index in [0.29, 0.717) is 12.8 Å². The number of nitrogens with one attached hydrogen (secondary N) is 1. The first-order valence-corrected chi connectivity index (χ1v) is 6.61. The van der Waals surface area contributed by atoms with Crippen molar-refractivity contribution >= 4 is 16.2 Å². The monoisotopic (exact) mass is 290 g/mol. The third-order valence-corrected chi connectivity index (χ3v) is 4.10. The van der Waals surface area contributed by atoms with E-state index < -0.39 is 41.4 Å². The molecule has 0 radical (unpaired) electrons. The molecule has 1 aliphatic rings. The number of aliphatic carboxylic acids is 1. The second-order valence-corrected chi connectivity index (χ2v) is 5.65. The Morgan fingerprint density at radius 2 is 2.06 bits per heavy atom. The fourth-order valence-corrected chi connectivity index (χ4v) is 3.24. The molecule has 1 rings (SSSR count). The van der Waals surface area contributed by atoms with Gasteiger partial charge in [0.15, 0.2) is 0 Å². The van der Waals surface area contributed by atoms with Crippen molar-refractivity contribution < 1.29 is 31.5 Å². The molecule has 2 N–H and O–H groups in total. The highest BCUT2D eigenvalue weighted by Gasteiger charge is 2.37. The molecule has 0 spiro atoms. The molecule has 18 heavy (non-hydrogen) atoms. The van der Waals surface area contributed by atoms with Crippen molar-refractivity contribution in [1.29, 1.82) is 0 Å². The molecule has 10 heteroatoms. The summed E-state index contributed by atoms with van der Waals surface area (Å²) in [5.41, 5.74) is 0. The average Bonchev–Trinajstić information content (AvgIpc) is 2.61. The van der Waals surface area contributed by atoms with Crippen LogP contribution < -0.4 is 4.72 Å². The largest absolute Gasteiger partial charge is 0.481 e. The predicted molar refractivity (Wildman–Crippen MR) is 55.0 cm³/mol. The van der Waals surface area contributed by atoms with Gasteiger partial charge in [0.2, 0.25) is 0 Å². The Bertz CT molecular complexity index is 409. The van der Waals surface area contributed by atoms with Crippen molar-refractivity contribution in [1.82, 2.24) is 9.03 Å². The highest BCUT2D eigenvalue weighted by molar-refractivity contribution is 7.87. The Balaban J connectivity index is 2.69. The molecule has 0 bridgehead atoms. The number of alkyl halides is 3. The van der Waals surface area contributed by atoms with E-state index in [1.807, 2.05) is 0 Å². The molecule has 0 amide bonds. The third kappa shape index (κ3) is 4.42. The van der Waals surface area contributed by atoms with E-state index >= 15 is 0 Å². The minimum atomic E-state index is -4.64. The van der Waals surface area contributed by atoms with Crippen LogP contribution in [0.2, 0.25) is 0 Å². The summed E-state index contributed by atoms with van der Waals surface area (Å²) < 4.78 is 61.2. The lowest BCUT2D eigenvalue weighted by atomic mass is 10.2. The zero-order valence-electron chi connectivity index (χ0n) is 9.27. The van der Waals surface area contributed by atoms with Crippen molar-refractivity contribution in [2.24, 2.45) is 0 Å². The van der Waals surface area contributed by atoms with Gasteiger partial charge < -0.3 is 5.11 Å². The zero-order valence-corrected chi connectivity index (χ0v) is 10.1. The molecular formula is C8H13F3N2O4S. The lowest BCUT2D eigenvalue weighted by Gasteiger charge is -2.23.